The van der Waals surface area contributed by atoms with Crippen LogP contribution in [0.2, 0.25) is 0 Å². The van der Waals surface area contributed by atoms with Gasteiger partial charge in [0.2, 0.25) is 0 Å². The zero-order valence-corrected chi connectivity index (χ0v) is 10.3. The second kappa shape index (κ2) is 4.96. The second-order valence-electron chi connectivity index (χ2n) is 4.94. The van der Waals surface area contributed by atoms with Crippen molar-refractivity contribution in [1.29, 1.82) is 0 Å². The van der Waals surface area contributed by atoms with E-state index in [0.717, 1.165) is 23.6 Å². The molecule has 0 unspecified atom stereocenters. The van der Waals surface area contributed by atoms with Crippen LogP contribution in [0.4, 0.5) is 4.39 Å². The number of ketones is 1. The van der Waals surface area contributed by atoms with Crippen LogP contribution in [-0.4, -0.2) is 18.9 Å². The highest BCUT2D eigenvalue weighted by molar-refractivity contribution is 5.99. The molecule has 0 radical (unpaired) electrons. The molecule has 0 aromatic heterocycles. The van der Waals surface area contributed by atoms with Gasteiger partial charge >= 0.3 is 0 Å². The molecule has 1 saturated carbocycles. The number of rotatable bonds is 5. The monoisotopic (exact) mass is 235 g/mol. The minimum Gasteiger partial charge on any atom is -0.309 e. The number of halogens is 1. The van der Waals surface area contributed by atoms with Crippen molar-refractivity contribution in [3.8, 4) is 0 Å². The van der Waals surface area contributed by atoms with Gasteiger partial charge in [0.05, 0.1) is 12.1 Å². The summed E-state index contributed by atoms with van der Waals surface area (Å²) >= 11 is 0. The first-order valence-corrected chi connectivity index (χ1v) is 6.08. The Morgan fingerprint density at radius 3 is 2.71 bits per heavy atom. The van der Waals surface area contributed by atoms with E-state index >= 15 is 0 Å². The van der Waals surface area contributed by atoms with E-state index in [0.29, 0.717) is 0 Å². The molecule has 0 bridgehead atoms. The van der Waals surface area contributed by atoms with Crippen LogP contribution in [-0.2, 0) is 0 Å². The van der Waals surface area contributed by atoms with Crippen LogP contribution < -0.4 is 5.32 Å². The third kappa shape index (κ3) is 3.13. The molecule has 1 aliphatic rings. The van der Waals surface area contributed by atoms with Crippen molar-refractivity contribution in [2.24, 2.45) is 5.92 Å². The molecule has 3 heteroatoms. The Morgan fingerprint density at radius 1 is 1.41 bits per heavy atom. The minimum atomic E-state index is -0.402. The third-order valence-corrected chi connectivity index (χ3v) is 3.13. The maximum atomic E-state index is 13.7. The van der Waals surface area contributed by atoms with Gasteiger partial charge in [0.15, 0.2) is 5.78 Å². The quantitative estimate of drug-likeness (QED) is 0.795. The maximum absolute atomic E-state index is 13.7. The first-order chi connectivity index (χ1) is 8.08. The normalized spacial score (nSPS) is 15.0. The molecule has 1 aromatic carbocycles. The fourth-order valence-electron chi connectivity index (χ4n) is 2.07. The summed E-state index contributed by atoms with van der Waals surface area (Å²) in [5.74, 6) is 0.174. The van der Waals surface area contributed by atoms with E-state index < -0.39 is 5.82 Å². The Balaban J connectivity index is 2.01. The lowest BCUT2D eigenvalue weighted by Gasteiger charge is -2.08. The van der Waals surface area contributed by atoms with Gasteiger partial charge in [-0.3, -0.25) is 4.79 Å². The molecule has 0 amide bonds. The molecule has 0 spiro atoms. The summed E-state index contributed by atoms with van der Waals surface area (Å²) in [6.45, 7) is 4.72. The Kier molecular flexibility index (Phi) is 3.57. The smallest absolute Gasteiger partial charge is 0.179 e. The zero-order valence-electron chi connectivity index (χ0n) is 10.3. The number of hydrogen-bond acceptors (Lipinski definition) is 2. The van der Waals surface area contributed by atoms with Gasteiger partial charge in [-0.15, -0.1) is 0 Å². The van der Waals surface area contributed by atoms with Crippen LogP contribution in [0.5, 0.6) is 0 Å². The highest BCUT2D eigenvalue weighted by atomic mass is 19.1. The van der Waals surface area contributed by atoms with E-state index in [1.807, 2.05) is 13.0 Å². The number of carbonyl (C=O) groups is 1. The lowest BCUT2D eigenvalue weighted by atomic mass is 10.0. The van der Waals surface area contributed by atoms with Crippen LogP contribution in [0.25, 0.3) is 0 Å². The number of aryl methyl sites for hydroxylation is 2. The maximum Gasteiger partial charge on any atom is 0.179 e. The second-order valence-corrected chi connectivity index (χ2v) is 4.94. The van der Waals surface area contributed by atoms with Crippen molar-refractivity contribution in [3.05, 3.63) is 34.6 Å². The summed E-state index contributed by atoms with van der Waals surface area (Å²) < 4.78 is 13.7. The Morgan fingerprint density at radius 2 is 2.12 bits per heavy atom. The van der Waals surface area contributed by atoms with Gasteiger partial charge in [0.1, 0.15) is 5.82 Å². The molecule has 2 nitrogen and oxygen atoms in total. The van der Waals surface area contributed by atoms with E-state index in [1.165, 1.54) is 18.9 Å². The Labute approximate surface area is 101 Å². The van der Waals surface area contributed by atoms with E-state index in [4.69, 9.17) is 0 Å². The zero-order chi connectivity index (χ0) is 12.4. The van der Waals surface area contributed by atoms with Gasteiger partial charge in [-0.1, -0.05) is 6.07 Å². The first-order valence-electron chi connectivity index (χ1n) is 6.08. The largest absolute Gasteiger partial charge is 0.309 e. The van der Waals surface area contributed by atoms with Crippen molar-refractivity contribution in [2.75, 3.05) is 13.1 Å². The number of carbonyl (C=O) groups excluding carboxylic acids is 1. The molecule has 0 aliphatic heterocycles. The minimum absolute atomic E-state index is 0.152. The predicted octanol–water partition coefficient (Wildman–Crippen LogP) is 2.62. The molecular weight excluding hydrogens is 217 g/mol. The van der Waals surface area contributed by atoms with Crippen molar-refractivity contribution in [3.63, 3.8) is 0 Å². The molecule has 0 saturated heterocycles. The van der Waals surface area contributed by atoms with Gasteiger partial charge in [-0.05, 0) is 56.3 Å². The Hall–Kier alpha value is -1.22. The topological polar surface area (TPSA) is 29.1 Å². The van der Waals surface area contributed by atoms with Crippen LogP contribution in [0.3, 0.4) is 0 Å². The molecule has 0 atom stereocenters. The average Bonchev–Trinajstić information content (AvgIpc) is 2.99. The molecule has 0 heterocycles. The fourth-order valence-corrected chi connectivity index (χ4v) is 2.07. The van der Waals surface area contributed by atoms with Crippen LogP contribution >= 0.6 is 0 Å². The number of hydrogen-bond donors (Lipinski definition) is 1. The van der Waals surface area contributed by atoms with Gasteiger partial charge < -0.3 is 5.32 Å². The van der Waals surface area contributed by atoms with Crippen LogP contribution in [0, 0.1) is 25.6 Å². The van der Waals surface area contributed by atoms with Gasteiger partial charge in [0.25, 0.3) is 0 Å². The first kappa shape index (κ1) is 12.2. The van der Waals surface area contributed by atoms with E-state index in [-0.39, 0.29) is 17.9 Å². The average molecular weight is 235 g/mol. The van der Waals surface area contributed by atoms with E-state index in [1.54, 1.807) is 6.92 Å². The number of nitrogens with one attached hydrogen (secondary N) is 1. The molecule has 1 aliphatic carbocycles. The summed E-state index contributed by atoms with van der Waals surface area (Å²) in [6, 6.07) is 3.26. The van der Waals surface area contributed by atoms with E-state index in [9.17, 15) is 9.18 Å². The molecule has 1 aromatic rings. The van der Waals surface area contributed by atoms with Gasteiger partial charge in [0, 0.05) is 0 Å². The number of benzene rings is 1. The molecule has 2 rings (SSSR count). The summed E-state index contributed by atoms with van der Waals surface area (Å²) in [5, 5.41) is 3.10. The van der Waals surface area contributed by atoms with Crippen LogP contribution in [0.15, 0.2) is 12.1 Å². The lowest BCUT2D eigenvalue weighted by Crippen LogP contribution is -2.26. The van der Waals surface area contributed by atoms with Crippen molar-refractivity contribution in [1.82, 2.24) is 5.32 Å². The summed E-state index contributed by atoms with van der Waals surface area (Å²) in [6.07, 6.45) is 2.50. The summed E-state index contributed by atoms with van der Waals surface area (Å²) in [5.41, 5.74) is 1.81. The Bertz CT molecular complexity index is 415. The number of Topliss-reactive ketones (excluding diaryl/α,β-unsaturated/α-hetero) is 1. The predicted molar refractivity (Wildman–Crippen MR) is 65.8 cm³/mol. The highest BCUT2D eigenvalue weighted by Crippen LogP contribution is 2.27. The molecule has 1 N–H and O–H groups in total. The van der Waals surface area contributed by atoms with Gasteiger partial charge in [-0.2, -0.15) is 0 Å². The van der Waals surface area contributed by atoms with Crippen molar-refractivity contribution in [2.45, 2.75) is 26.7 Å². The summed E-state index contributed by atoms with van der Waals surface area (Å²) in [4.78, 5) is 11.9. The molecule has 1 fully saturated rings. The fraction of sp³-hybridized carbons (Fsp3) is 0.500. The van der Waals surface area contributed by atoms with Crippen molar-refractivity contribution < 1.29 is 9.18 Å². The van der Waals surface area contributed by atoms with E-state index in [2.05, 4.69) is 5.32 Å². The lowest BCUT2D eigenvalue weighted by molar-refractivity contribution is 0.0986. The third-order valence-electron chi connectivity index (χ3n) is 3.13. The standard InChI is InChI=1S/C14H18FNO/c1-9-5-10(2)14(12(15)6-9)13(17)8-16-7-11-3-4-11/h5-6,11,16H,3-4,7-8H2,1-2H3. The molecular formula is C14H18FNO. The molecule has 17 heavy (non-hydrogen) atoms. The molecule has 92 valence electrons. The van der Waals surface area contributed by atoms with Crippen molar-refractivity contribution >= 4 is 5.78 Å². The van der Waals surface area contributed by atoms with Gasteiger partial charge in [-0.25, -0.2) is 4.39 Å². The highest BCUT2D eigenvalue weighted by Gasteiger charge is 2.21. The summed E-state index contributed by atoms with van der Waals surface area (Å²) in [7, 11) is 0. The SMILES string of the molecule is Cc1cc(C)c(C(=O)CNCC2CC2)c(F)c1. The van der Waals surface area contributed by atoms with Crippen LogP contribution in [0.1, 0.15) is 34.3 Å².